The fourth-order valence-corrected chi connectivity index (χ4v) is 4.05. The molecule has 1 aliphatic rings. The van der Waals surface area contributed by atoms with Crippen molar-refractivity contribution in [2.75, 3.05) is 6.54 Å². The van der Waals surface area contributed by atoms with Crippen LogP contribution in [0.3, 0.4) is 0 Å². The molecule has 25 heavy (non-hydrogen) atoms. The summed E-state index contributed by atoms with van der Waals surface area (Å²) in [5.74, 6) is 1.44. The third-order valence-electron chi connectivity index (χ3n) is 4.51. The fourth-order valence-electron chi connectivity index (χ4n) is 3.25. The molecule has 0 N–H and O–H groups in total. The lowest BCUT2D eigenvalue weighted by atomic mass is 10.2. The van der Waals surface area contributed by atoms with Crippen LogP contribution in [0, 0.1) is 0 Å². The summed E-state index contributed by atoms with van der Waals surface area (Å²) >= 11 is 1.51. The molecule has 0 saturated carbocycles. The number of aromatic nitrogens is 2. The van der Waals surface area contributed by atoms with Crippen LogP contribution in [0.15, 0.2) is 46.3 Å². The quantitative estimate of drug-likeness (QED) is 0.639. The van der Waals surface area contributed by atoms with Gasteiger partial charge in [0.15, 0.2) is 5.78 Å². The maximum atomic E-state index is 11.5. The molecular weight excluding hydrogens is 334 g/mol. The Balaban J connectivity index is 1.51. The van der Waals surface area contributed by atoms with Crippen LogP contribution in [0.25, 0.3) is 11.4 Å². The van der Waals surface area contributed by atoms with Crippen molar-refractivity contribution in [2.45, 2.75) is 32.4 Å². The van der Waals surface area contributed by atoms with Gasteiger partial charge in [0.1, 0.15) is 0 Å². The molecule has 128 valence electrons. The molecular formula is C19H19N3O2S. The molecule has 1 atom stereocenters. The molecule has 6 heteroatoms. The molecule has 1 saturated heterocycles. The van der Waals surface area contributed by atoms with E-state index in [0.717, 1.165) is 36.4 Å². The summed E-state index contributed by atoms with van der Waals surface area (Å²) in [6.07, 6.45) is 2.12. The zero-order valence-corrected chi connectivity index (χ0v) is 14.8. The lowest BCUT2D eigenvalue weighted by Gasteiger charge is -2.20. The van der Waals surface area contributed by atoms with E-state index in [-0.39, 0.29) is 11.8 Å². The number of likely N-dealkylation sites (tertiary alicyclic amines) is 1. The normalized spacial score (nSPS) is 17.9. The van der Waals surface area contributed by atoms with E-state index in [4.69, 9.17) is 4.52 Å². The number of nitrogens with zero attached hydrogens (tertiary/aromatic N) is 3. The van der Waals surface area contributed by atoms with Gasteiger partial charge in [-0.05, 0) is 43.3 Å². The van der Waals surface area contributed by atoms with Crippen molar-refractivity contribution in [3.8, 4) is 11.4 Å². The summed E-state index contributed by atoms with van der Waals surface area (Å²) in [4.78, 5) is 19.3. The van der Waals surface area contributed by atoms with Crippen LogP contribution in [0.2, 0.25) is 0 Å². The van der Waals surface area contributed by atoms with Crippen molar-refractivity contribution in [1.82, 2.24) is 15.0 Å². The summed E-state index contributed by atoms with van der Waals surface area (Å²) in [6, 6.07) is 12.0. The third kappa shape index (κ3) is 3.41. The van der Waals surface area contributed by atoms with Gasteiger partial charge in [0.25, 0.3) is 0 Å². The lowest BCUT2D eigenvalue weighted by molar-refractivity contribution is 0.102. The van der Waals surface area contributed by atoms with Gasteiger partial charge in [-0.3, -0.25) is 9.69 Å². The second kappa shape index (κ2) is 6.90. The molecule has 5 nitrogen and oxygen atoms in total. The van der Waals surface area contributed by atoms with E-state index < -0.39 is 0 Å². The molecule has 0 bridgehead atoms. The highest BCUT2D eigenvalue weighted by Crippen LogP contribution is 2.33. The standard InChI is InChI=1S/C19H19N3O2S/c1-13(23)17-10-14(12-25-17)11-22-9-5-8-16(22)19-20-18(21-24-19)15-6-3-2-4-7-15/h2-4,6-7,10,12,16H,5,8-9,11H2,1H3/t16-/m1/s1. The molecule has 1 fully saturated rings. The maximum absolute atomic E-state index is 11.5. The fraction of sp³-hybridized carbons (Fsp3) is 0.316. The smallest absolute Gasteiger partial charge is 0.244 e. The number of benzene rings is 1. The Morgan fingerprint density at radius 1 is 1.36 bits per heavy atom. The molecule has 0 unspecified atom stereocenters. The van der Waals surface area contributed by atoms with Gasteiger partial charge in [-0.25, -0.2) is 0 Å². The molecule has 0 aliphatic carbocycles. The summed E-state index contributed by atoms with van der Waals surface area (Å²) in [5.41, 5.74) is 2.14. The van der Waals surface area contributed by atoms with E-state index in [2.05, 4.69) is 20.4 Å². The van der Waals surface area contributed by atoms with Gasteiger partial charge in [-0.1, -0.05) is 35.5 Å². The number of carbonyl (C=O) groups is 1. The number of hydrogen-bond acceptors (Lipinski definition) is 6. The average Bonchev–Trinajstić information content (AvgIpc) is 3.36. The number of Topliss-reactive ketones (excluding diaryl/α,β-unsaturated/α-hetero) is 1. The molecule has 0 spiro atoms. The van der Waals surface area contributed by atoms with Gasteiger partial charge in [-0.15, -0.1) is 11.3 Å². The van der Waals surface area contributed by atoms with E-state index >= 15 is 0 Å². The Bertz CT molecular complexity index is 872. The predicted molar refractivity (Wildman–Crippen MR) is 96.4 cm³/mol. The largest absolute Gasteiger partial charge is 0.337 e. The number of thiophene rings is 1. The first-order chi connectivity index (χ1) is 12.2. The predicted octanol–water partition coefficient (Wildman–Crippen LogP) is 4.34. The first kappa shape index (κ1) is 16.2. The van der Waals surface area contributed by atoms with Crippen LogP contribution in [0.1, 0.15) is 46.9 Å². The van der Waals surface area contributed by atoms with Crippen molar-refractivity contribution in [3.05, 3.63) is 58.1 Å². The minimum atomic E-state index is 0.124. The third-order valence-corrected chi connectivity index (χ3v) is 5.59. The Morgan fingerprint density at radius 2 is 2.20 bits per heavy atom. The zero-order valence-electron chi connectivity index (χ0n) is 14.0. The summed E-state index contributed by atoms with van der Waals surface area (Å²) in [6.45, 7) is 3.41. The van der Waals surface area contributed by atoms with E-state index in [9.17, 15) is 4.79 Å². The monoisotopic (exact) mass is 353 g/mol. The molecule has 1 aliphatic heterocycles. The summed E-state index contributed by atoms with van der Waals surface area (Å²) in [7, 11) is 0. The molecule has 4 rings (SSSR count). The highest BCUT2D eigenvalue weighted by Gasteiger charge is 2.31. The van der Waals surface area contributed by atoms with E-state index in [1.165, 1.54) is 16.9 Å². The van der Waals surface area contributed by atoms with Crippen LogP contribution in [-0.2, 0) is 6.54 Å². The second-order valence-corrected chi connectivity index (χ2v) is 7.24. The van der Waals surface area contributed by atoms with E-state index in [0.29, 0.717) is 11.7 Å². The molecule has 0 amide bonds. The highest BCUT2D eigenvalue weighted by atomic mass is 32.1. The van der Waals surface area contributed by atoms with Crippen molar-refractivity contribution in [2.24, 2.45) is 0 Å². The van der Waals surface area contributed by atoms with Gasteiger partial charge in [0, 0.05) is 12.1 Å². The number of carbonyl (C=O) groups excluding carboxylic acids is 1. The van der Waals surface area contributed by atoms with Crippen LogP contribution in [0.5, 0.6) is 0 Å². The minimum Gasteiger partial charge on any atom is -0.337 e. The summed E-state index contributed by atoms with van der Waals surface area (Å²) < 4.78 is 5.56. The SMILES string of the molecule is CC(=O)c1cc(CN2CCC[C@@H]2c2nc(-c3ccccc3)no2)cs1. The molecule has 1 aromatic carbocycles. The Morgan fingerprint density at radius 3 is 2.96 bits per heavy atom. The molecule has 3 heterocycles. The lowest BCUT2D eigenvalue weighted by Crippen LogP contribution is -2.22. The van der Waals surface area contributed by atoms with E-state index in [1.54, 1.807) is 6.92 Å². The van der Waals surface area contributed by atoms with Crippen molar-refractivity contribution >= 4 is 17.1 Å². The van der Waals surface area contributed by atoms with Gasteiger partial charge in [-0.2, -0.15) is 4.98 Å². The Hall–Kier alpha value is -2.31. The van der Waals surface area contributed by atoms with Crippen LogP contribution < -0.4 is 0 Å². The van der Waals surface area contributed by atoms with Crippen molar-refractivity contribution in [3.63, 3.8) is 0 Å². The Kier molecular flexibility index (Phi) is 4.46. The van der Waals surface area contributed by atoms with Crippen LogP contribution in [0.4, 0.5) is 0 Å². The Labute approximate surface area is 150 Å². The maximum Gasteiger partial charge on any atom is 0.244 e. The minimum absolute atomic E-state index is 0.124. The number of hydrogen-bond donors (Lipinski definition) is 0. The van der Waals surface area contributed by atoms with Gasteiger partial charge in [0.05, 0.1) is 10.9 Å². The number of rotatable bonds is 5. The van der Waals surface area contributed by atoms with Gasteiger partial charge >= 0.3 is 0 Å². The van der Waals surface area contributed by atoms with Crippen molar-refractivity contribution < 1.29 is 9.32 Å². The molecule has 3 aromatic rings. The first-order valence-corrected chi connectivity index (χ1v) is 9.30. The van der Waals surface area contributed by atoms with Gasteiger partial charge < -0.3 is 4.52 Å². The van der Waals surface area contributed by atoms with E-state index in [1.807, 2.05) is 36.4 Å². The number of ketones is 1. The second-order valence-electron chi connectivity index (χ2n) is 6.33. The first-order valence-electron chi connectivity index (χ1n) is 8.42. The highest BCUT2D eigenvalue weighted by molar-refractivity contribution is 7.12. The molecule has 2 aromatic heterocycles. The zero-order chi connectivity index (χ0) is 17.2. The van der Waals surface area contributed by atoms with Crippen LogP contribution >= 0.6 is 11.3 Å². The van der Waals surface area contributed by atoms with Gasteiger partial charge in [0.2, 0.25) is 11.7 Å². The van der Waals surface area contributed by atoms with Crippen molar-refractivity contribution in [1.29, 1.82) is 0 Å². The topological polar surface area (TPSA) is 59.2 Å². The average molecular weight is 353 g/mol. The summed E-state index contributed by atoms with van der Waals surface area (Å²) in [5, 5.41) is 6.21. The van der Waals surface area contributed by atoms with Crippen LogP contribution in [-0.4, -0.2) is 27.4 Å². The molecule has 0 radical (unpaired) electrons.